The van der Waals surface area contributed by atoms with Crippen LogP contribution in [0.3, 0.4) is 0 Å². The van der Waals surface area contributed by atoms with E-state index >= 15 is 0 Å². The monoisotopic (exact) mass is 461 g/mol. The highest BCUT2D eigenvalue weighted by Gasteiger charge is 2.04. The zero-order valence-electron chi connectivity index (χ0n) is 11.7. The Kier molecular flexibility index (Phi) is 6.95. The first kappa shape index (κ1) is 16.7. The van der Waals surface area contributed by atoms with Crippen molar-refractivity contribution in [3.8, 4) is 11.5 Å². The van der Waals surface area contributed by atoms with Gasteiger partial charge in [0, 0.05) is 23.8 Å². The second kappa shape index (κ2) is 8.73. The van der Waals surface area contributed by atoms with E-state index in [2.05, 4.69) is 56.0 Å². The van der Waals surface area contributed by atoms with E-state index in [1.165, 1.54) is 9.13 Å². The second-order valence-electron chi connectivity index (χ2n) is 4.49. The average molecular weight is 462 g/mol. The second-order valence-corrected chi connectivity index (χ2v) is 6.59. The summed E-state index contributed by atoms with van der Waals surface area (Å²) in [5, 5.41) is 3.32. The maximum absolute atomic E-state index is 5.87. The molecular formula is C16H17BrINO2. The van der Waals surface area contributed by atoms with E-state index in [0.29, 0.717) is 0 Å². The molecule has 2 rings (SSSR count). The molecule has 0 radical (unpaired) electrons. The van der Waals surface area contributed by atoms with Crippen LogP contribution in [0.5, 0.6) is 11.5 Å². The van der Waals surface area contributed by atoms with Crippen LogP contribution in [0.1, 0.15) is 5.56 Å². The fraction of sp³-hybridized carbons (Fsp3) is 0.250. The van der Waals surface area contributed by atoms with Crippen molar-refractivity contribution in [2.45, 2.75) is 6.54 Å². The molecule has 1 N–H and O–H groups in total. The minimum Gasteiger partial charge on any atom is -0.456 e. The summed E-state index contributed by atoms with van der Waals surface area (Å²) < 4.78 is 13.0. The fourth-order valence-electron chi connectivity index (χ4n) is 1.77. The van der Waals surface area contributed by atoms with Crippen LogP contribution >= 0.6 is 38.5 Å². The van der Waals surface area contributed by atoms with E-state index in [4.69, 9.17) is 9.47 Å². The molecule has 0 unspecified atom stereocenters. The molecule has 0 bridgehead atoms. The molecule has 0 aliphatic carbocycles. The van der Waals surface area contributed by atoms with Gasteiger partial charge in [0.2, 0.25) is 0 Å². The molecule has 112 valence electrons. The summed E-state index contributed by atoms with van der Waals surface area (Å²) in [5.74, 6) is 1.65. The van der Waals surface area contributed by atoms with Crippen molar-refractivity contribution in [2.24, 2.45) is 0 Å². The molecule has 0 atom stereocenters. The van der Waals surface area contributed by atoms with Crippen LogP contribution in [0.2, 0.25) is 0 Å². The number of benzene rings is 2. The Morgan fingerprint density at radius 3 is 2.57 bits per heavy atom. The highest BCUT2D eigenvalue weighted by atomic mass is 127. The molecule has 21 heavy (non-hydrogen) atoms. The summed E-state index contributed by atoms with van der Waals surface area (Å²) >= 11 is 5.84. The van der Waals surface area contributed by atoms with Crippen molar-refractivity contribution in [3.63, 3.8) is 0 Å². The van der Waals surface area contributed by atoms with Gasteiger partial charge in [-0.05, 0) is 80.5 Å². The Bertz CT molecular complexity index is 575. The average Bonchev–Trinajstić information content (AvgIpc) is 2.48. The lowest BCUT2D eigenvalue weighted by atomic mass is 10.2. The molecule has 3 nitrogen and oxygen atoms in total. The number of rotatable bonds is 7. The van der Waals surface area contributed by atoms with Crippen LogP contribution in [0.25, 0.3) is 0 Å². The van der Waals surface area contributed by atoms with Crippen LogP contribution < -0.4 is 10.1 Å². The van der Waals surface area contributed by atoms with Crippen LogP contribution in [-0.4, -0.2) is 20.3 Å². The van der Waals surface area contributed by atoms with E-state index in [0.717, 1.165) is 35.7 Å². The number of ether oxygens (including phenoxy) is 2. The molecule has 0 aliphatic rings. The number of hydrogen-bond donors (Lipinski definition) is 1. The predicted octanol–water partition coefficient (Wildman–Crippen LogP) is 4.58. The van der Waals surface area contributed by atoms with Gasteiger partial charge in [-0.15, -0.1) is 0 Å². The third-order valence-corrected chi connectivity index (χ3v) is 4.19. The lowest BCUT2D eigenvalue weighted by molar-refractivity contribution is 0.199. The van der Waals surface area contributed by atoms with E-state index in [-0.39, 0.29) is 0 Å². The molecule has 0 saturated heterocycles. The first-order valence-electron chi connectivity index (χ1n) is 6.60. The molecule has 0 heterocycles. The van der Waals surface area contributed by atoms with Crippen molar-refractivity contribution in [1.29, 1.82) is 0 Å². The Labute approximate surface area is 147 Å². The molecular weight excluding hydrogens is 445 g/mol. The van der Waals surface area contributed by atoms with Gasteiger partial charge in [0.25, 0.3) is 0 Å². The standard InChI is InChI=1S/C16H17BrINO2/c1-20-9-8-19-11-12-2-7-16(15(17)10-12)21-14-5-3-13(18)4-6-14/h2-7,10,19H,8-9,11H2,1H3. The molecule has 0 saturated carbocycles. The fourth-order valence-corrected chi connectivity index (χ4v) is 2.64. The SMILES string of the molecule is COCCNCc1ccc(Oc2ccc(I)cc2)c(Br)c1. The minimum absolute atomic E-state index is 0.717. The van der Waals surface area contributed by atoms with Crippen molar-refractivity contribution in [1.82, 2.24) is 5.32 Å². The van der Waals surface area contributed by atoms with Crippen LogP contribution in [0.4, 0.5) is 0 Å². The van der Waals surface area contributed by atoms with Crippen LogP contribution in [-0.2, 0) is 11.3 Å². The zero-order chi connectivity index (χ0) is 15.1. The van der Waals surface area contributed by atoms with Gasteiger partial charge < -0.3 is 14.8 Å². The van der Waals surface area contributed by atoms with Gasteiger partial charge in [0.05, 0.1) is 11.1 Å². The topological polar surface area (TPSA) is 30.5 Å². The molecule has 0 amide bonds. The number of halogens is 2. The van der Waals surface area contributed by atoms with Gasteiger partial charge in [-0.3, -0.25) is 0 Å². The van der Waals surface area contributed by atoms with Gasteiger partial charge in [-0.1, -0.05) is 6.07 Å². The van der Waals surface area contributed by atoms with Gasteiger partial charge in [-0.2, -0.15) is 0 Å². The van der Waals surface area contributed by atoms with E-state index in [1.807, 2.05) is 30.3 Å². The van der Waals surface area contributed by atoms with Gasteiger partial charge in [-0.25, -0.2) is 0 Å². The summed E-state index contributed by atoms with van der Waals surface area (Å²) in [5.41, 5.74) is 1.20. The van der Waals surface area contributed by atoms with Gasteiger partial charge >= 0.3 is 0 Å². The number of hydrogen-bond acceptors (Lipinski definition) is 3. The quantitative estimate of drug-likeness (QED) is 0.483. The first-order valence-corrected chi connectivity index (χ1v) is 8.47. The Balaban J connectivity index is 1.97. The van der Waals surface area contributed by atoms with Crippen molar-refractivity contribution in [2.75, 3.05) is 20.3 Å². The summed E-state index contributed by atoms with van der Waals surface area (Å²) in [4.78, 5) is 0. The van der Waals surface area contributed by atoms with E-state index in [1.54, 1.807) is 7.11 Å². The predicted molar refractivity (Wildman–Crippen MR) is 97.0 cm³/mol. The maximum Gasteiger partial charge on any atom is 0.141 e. The highest BCUT2D eigenvalue weighted by molar-refractivity contribution is 14.1. The summed E-state index contributed by atoms with van der Waals surface area (Å²) in [6.45, 7) is 2.37. The molecule has 5 heteroatoms. The molecule has 0 fully saturated rings. The first-order chi connectivity index (χ1) is 10.2. The van der Waals surface area contributed by atoms with E-state index < -0.39 is 0 Å². The third-order valence-electron chi connectivity index (χ3n) is 2.85. The minimum atomic E-state index is 0.717. The summed E-state index contributed by atoms with van der Waals surface area (Å²) in [6, 6.07) is 14.1. The highest BCUT2D eigenvalue weighted by Crippen LogP contribution is 2.30. The smallest absolute Gasteiger partial charge is 0.141 e. The normalized spacial score (nSPS) is 10.6. The molecule has 0 spiro atoms. The van der Waals surface area contributed by atoms with Crippen LogP contribution in [0.15, 0.2) is 46.9 Å². The maximum atomic E-state index is 5.87. The lowest BCUT2D eigenvalue weighted by Crippen LogP contribution is -2.18. The molecule has 2 aromatic carbocycles. The van der Waals surface area contributed by atoms with Crippen molar-refractivity contribution in [3.05, 3.63) is 56.1 Å². The number of methoxy groups -OCH3 is 1. The summed E-state index contributed by atoms with van der Waals surface area (Å²) in [6.07, 6.45) is 0. The largest absolute Gasteiger partial charge is 0.456 e. The zero-order valence-corrected chi connectivity index (χ0v) is 15.5. The third kappa shape index (κ3) is 5.58. The Morgan fingerprint density at radius 1 is 1.14 bits per heavy atom. The Morgan fingerprint density at radius 2 is 1.90 bits per heavy atom. The molecule has 0 aliphatic heterocycles. The number of nitrogens with one attached hydrogen (secondary N) is 1. The summed E-state index contributed by atoms with van der Waals surface area (Å²) in [7, 11) is 1.70. The van der Waals surface area contributed by atoms with Crippen molar-refractivity contribution < 1.29 is 9.47 Å². The van der Waals surface area contributed by atoms with Gasteiger partial charge in [0.15, 0.2) is 0 Å². The molecule has 0 aromatic heterocycles. The van der Waals surface area contributed by atoms with Crippen LogP contribution in [0, 0.1) is 3.57 Å². The van der Waals surface area contributed by atoms with Crippen molar-refractivity contribution >= 4 is 38.5 Å². The Hall–Kier alpha value is -0.630. The lowest BCUT2D eigenvalue weighted by Gasteiger charge is -2.10. The van der Waals surface area contributed by atoms with E-state index in [9.17, 15) is 0 Å². The van der Waals surface area contributed by atoms with Gasteiger partial charge in [0.1, 0.15) is 11.5 Å². The molecule has 2 aromatic rings.